The lowest BCUT2D eigenvalue weighted by molar-refractivity contribution is -0.131. The SMILES string of the molecule is C/C(=C/C(=O)O)CC[C@]1(C)C2=CC(=O)CC(C)(C)[C@H]2CC[C@H]1C. The number of carboxylic acid groups (broad SMARTS) is 1. The Hall–Kier alpha value is -1.38. The zero-order valence-corrected chi connectivity index (χ0v) is 15.1. The van der Waals surface area contributed by atoms with Crippen LogP contribution < -0.4 is 0 Å². The summed E-state index contributed by atoms with van der Waals surface area (Å²) in [7, 11) is 0. The molecule has 0 radical (unpaired) electrons. The normalized spacial score (nSPS) is 33.9. The number of aliphatic carboxylic acids is 1. The third-order valence-corrected chi connectivity index (χ3v) is 6.31. The van der Waals surface area contributed by atoms with Gasteiger partial charge in [0.2, 0.25) is 0 Å². The fourth-order valence-corrected chi connectivity index (χ4v) is 4.58. The third-order valence-electron chi connectivity index (χ3n) is 6.31. The smallest absolute Gasteiger partial charge is 0.328 e. The van der Waals surface area contributed by atoms with Gasteiger partial charge in [0, 0.05) is 12.5 Å². The highest BCUT2D eigenvalue weighted by atomic mass is 16.4. The Labute approximate surface area is 139 Å². The number of rotatable bonds is 4. The maximum atomic E-state index is 12.2. The van der Waals surface area contributed by atoms with Crippen molar-refractivity contribution >= 4 is 11.8 Å². The van der Waals surface area contributed by atoms with E-state index in [2.05, 4.69) is 27.7 Å². The Balaban J connectivity index is 2.30. The Morgan fingerprint density at radius 1 is 1.35 bits per heavy atom. The van der Waals surface area contributed by atoms with Crippen molar-refractivity contribution in [2.24, 2.45) is 22.7 Å². The molecule has 0 aromatic rings. The number of allylic oxidation sites excluding steroid dienone is 3. The number of carboxylic acids is 1. The van der Waals surface area contributed by atoms with Gasteiger partial charge in [-0.05, 0) is 61.3 Å². The quantitative estimate of drug-likeness (QED) is 0.759. The van der Waals surface area contributed by atoms with E-state index in [4.69, 9.17) is 5.11 Å². The zero-order chi connectivity index (χ0) is 17.4. The lowest BCUT2D eigenvalue weighted by atomic mass is 9.52. The summed E-state index contributed by atoms with van der Waals surface area (Å²) in [6.07, 6.45) is 7.88. The lowest BCUT2D eigenvalue weighted by Crippen LogP contribution is -2.44. The minimum Gasteiger partial charge on any atom is -0.478 e. The van der Waals surface area contributed by atoms with E-state index in [0.29, 0.717) is 18.3 Å². The van der Waals surface area contributed by atoms with E-state index in [9.17, 15) is 9.59 Å². The molecule has 0 saturated heterocycles. The van der Waals surface area contributed by atoms with Gasteiger partial charge in [0.05, 0.1) is 0 Å². The van der Waals surface area contributed by atoms with E-state index in [-0.39, 0.29) is 16.6 Å². The van der Waals surface area contributed by atoms with Crippen LogP contribution in [0.25, 0.3) is 0 Å². The Morgan fingerprint density at radius 2 is 2.00 bits per heavy atom. The molecule has 2 rings (SSSR count). The van der Waals surface area contributed by atoms with Crippen LogP contribution in [-0.4, -0.2) is 16.9 Å². The molecule has 0 bridgehead atoms. The predicted molar refractivity (Wildman–Crippen MR) is 92.1 cm³/mol. The van der Waals surface area contributed by atoms with Gasteiger partial charge < -0.3 is 5.11 Å². The number of ketones is 1. The van der Waals surface area contributed by atoms with Gasteiger partial charge in [-0.15, -0.1) is 0 Å². The van der Waals surface area contributed by atoms with Gasteiger partial charge in [0.25, 0.3) is 0 Å². The molecule has 1 N–H and O–H groups in total. The molecular weight excluding hydrogens is 288 g/mol. The minimum absolute atomic E-state index is 0.0100. The van der Waals surface area contributed by atoms with Crippen molar-refractivity contribution in [1.82, 2.24) is 0 Å². The van der Waals surface area contributed by atoms with Gasteiger partial charge in [-0.1, -0.05) is 38.8 Å². The number of carbonyl (C=O) groups is 2. The van der Waals surface area contributed by atoms with Crippen LogP contribution >= 0.6 is 0 Å². The summed E-state index contributed by atoms with van der Waals surface area (Å²) in [4.78, 5) is 23.1. The van der Waals surface area contributed by atoms with Gasteiger partial charge >= 0.3 is 5.97 Å². The molecular formula is C20H30O3. The number of carbonyl (C=O) groups excluding carboxylic acids is 1. The first-order valence-electron chi connectivity index (χ1n) is 8.71. The standard InChI is InChI=1S/C20H30O3/c1-13(10-18(22)23)8-9-20(5)14(2)6-7-16-17(20)11-15(21)12-19(16,3)4/h10-11,14,16H,6-9,12H2,1-5H3,(H,22,23)/b13-10-/t14-,16+,20+/m1/s1. The monoisotopic (exact) mass is 318 g/mol. The van der Waals surface area contributed by atoms with E-state index >= 15 is 0 Å². The van der Waals surface area contributed by atoms with Crippen LogP contribution in [0.3, 0.4) is 0 Å². The second-order valence-corrected chi connectivity index (χ2v) is 8.51. The molecule has 2 aliphatic rings. The fourth-order valence-electron chi connectivity index (χ4n) is 4.58. The van der Waals surface area contributed by atoms with Crippen LogP contribution in [0, 0.1) is 22.7 Å². The molecule has 3 heteroatoms. The summed E-state index contributed by atoms with van der Waals surface area (Å²) >= 11 is 0. The summed E-state index contributed by atoms with van der Waals surface area (Å²) in [6.45, 7) is 10.9. The van der Waals surface area contributed by atoms with Crippen LogP contribution in [0.1, 0.15) is 66.7 Å². The Bertz CT molecular complexity index is 567. The molecule has 3 atom stereocenters. The minimum atomic E-state index is -0.879. The fraction of sp³-hybridized carbons (Fsp3) is 0.700. The average molecular weight is 318 g/mol. The van der Waals surface area contributed by atoms with Gasteiger partial charge in [0.15, 0.2) is 5.78 Å². The molecule has 2 aliphatic carbocycles. The average Bonchev–Trinajstić information content (AvgIpc) is 2.39. The van der Waals surface area contributed by atoms with E-state index in [1.54, 1.807) is 0 Å². The second-order valence-electron chi connectivity index (χ2n) is 8.51. The summed E-state index contributed by atoms with van der Waals surface area (Å²) in [5.41, 5.74) is 2.24. The van der Waals surface area contributed by atoms with Gasteiger partial charge in [-0.3, -0.25) is 4.79 Å². The van der Waals surface area contributed by atoms with Crippen molar-refractivity contribution in [3.8, 4) is 0 Å². The first-order chi connectivity index (χ1) is 10.6. The van der Waals surface area contributed by atoms with E-state index < -0.39 is 5.97 Å². The van der Waals surface area contributed by atoms with Crippen LogP contribution in [0.15, 0.2) is 23.3 Å². The van der Waals surface area contributed by atoms with Crippen molar-refractivity contribution in [1.29, 1.82) is 0 Å². The topological polar surface area (TPSA) is 54.4 Å². The zero-order valence-electron chi connectivity index (χ0n) is 15.1. The second kappa shape index (κ2) is 6.26. The molecule has 23 heavy (non-hydrogen) atoms. The van der Waals surface area contributed by atoms with Crippen LogP contribution in [0.5, 0.6) is 0 Å². The first kappa shape index (κ1) is 18.0. The van der Waals surface area contributed by atoms with E-state index in [0.717, 1.165) is 24.8 Å². The van der Waals surface area contributed by atoms with Crippen LogP contribution in [0.4, 0.5) is 0 Å². The Kier molecular flexibility index (Phi) is 4.89. The molecule has 0 amide bonds. The third kappa shape index (κ3) is 3.59. The summed E-state index contributed by atoms with van der Waals surface area (Å²) in [6, 6.07) is 0. The van der Waals surface area contributed by atoms with Crippen molar-refractivity contribution in [2.75, 3.05) is 0 Å². The maximum Gasteiger partial charge on any atom is 0.328 e. The van der Waals surface area contributed by atoms with Gasteiger partial charge in [-0.25, -0.2) is 4.79 Å². The summed E-state index contributed by atoms with van der Waals surface area (Å²) < 4.78 is 0. The molecule has 1 saturated carbocycles. The molecule has 0 unspecified atom stereocenters. The number of hydrogen-bond acceptors (Lipinski definition) is 2. The summed E-state index contributed by atoms with van der Waals surface area (Å²) in [5.74, 6) is 0.365. The van der Waals surface area contributed by atoms with Gasteiger partial charge in [0.1, 0.15) is 0 Å². The van der Waals surface area contributed by atoms with Crippen molar-refractivity contribution < 1.29 is 14.7 Å². The molecule has 0 aromatic carbocycles. The lowest BCUT2D eigenvalue weighted by Gasteiger charge is -2.52. The molecule has 3 nitrogen and oxygen atoms in total. The molecule has 1 fully saturated rings. The largest absolute Gasteiger partial charge is 0.478 e. The van der Waals surface area contributed by atoms with Crippen molar-refractivity contribution in [3.05, 3.63) is 23.3 Å². The number of hydrogen-bond donors (Lipinski definition) is 1. The highest BCUT2D eigenvalue weighted by molar-refractivity contribution is 5.92. The first-order valence-corrected chi connectivity index (χ1v) is 8.71. The highest BCUT2D eigenvalue weighted by Gasteiger charge is 2.49. The molecule has 0 heterocycles. The Morgan fingerprint density at radius 3 is 2.61 bits per heavy atom. The predicted octanol–water partition coefficient (Wildman–Crippen LogP) is 4.78. The molecule has 0 aliphatic heterocycles. The van der Waals surface area contributed by atoms with Crippen LogP contribution in [0.2, 0.25) is 0 Å². The molecule has 0 spiro atoms. The van der Waals surface area contributed by atoms with Crippen molar-refractivity contribution in [3.63, 3.8) is 0 Å². The molecule has 128 valence electrons. The highest BCUT2D eigenvalue weighted by Crippen LogP contribution is 2.57. The van der Waals surface area contributed by atoms with Crippen molar-refractivity contribution in [2.45, 2.75) is 66.7 Å². The maximum absolute atomic E-state index is 12.2. The summed E-state index contributed by atoms with van der Waals surface area (Å²) in [5, 5.41) is 8.90. The number of fused-ring (bicyclic) bond motifs is 1. The van der Waals surface area contributed by atoms with E-state index in [1.165, 1.54) is 18.1 Å². The van der Waals surface area contributed by atoms with Gasteiger partial charge in [-0.2, -0.15) is 0 Å². The van der Waals surface area contributed by atoms with Crippen LogP contribution in [-0.2, 0) is 9.59 Å². The molecule has 0 aromatic heterocycles. The van der Waals surface area contributed by atoms with E-state index in [1.807, 2.05) is 13.0 Å².